The number of hydrogen-bond donors (Lipinski definition) is 4. The van der Waals surface area contributed by atoms with Crippen molar-refractivity contribution in [1.82, 2.24) is 15.2 Å². The summed E-state index contributed by atoms with van der Waals surface area (Å²) in [4.78, 5) is 33.8. The summed E-state index contributed by atoms with van der Waals surface area (Å²) in [7, 11) is 4.12. The van der Waals surface area contributed by atoms with E-state index in [1.165, 1.54) is 13.0 Å². The van der Waals surface area contributed by atoms with E-state index in [2.05, 4.69) is 57.0 Å². The van der Waals surface area contributed by atoms with Gasteiger partial charge < -0.3 is 54.7 Å². The fourth-order valence-electron chi connectivity index (χ4n) is 9.78. The van der Waals surface area contributed by atoms with Crippen LogP contribution in [-0.2, 0) is 28.5 Å². The van der Waals surface area contributed by atoms with Crippen molar-refractivity contribution in [3.63, 3.8) is 0 Å². The Morgan fingerprint density at radius 3 is 2.39 bits per heavy atom. The number of aliphatic hydroxyl groups is 2. The highest BCUT2D eigenvalue weighted by Gasteiger charge is 2.58. The maximum Gasteiger partial charge on any atom is 0.311 e. The molecule has 4 aliphatic rings. The standard InChI is InChI=1S/C40H68N6O10/c1-12-30-39(9,49)34(47)26(6)42-21-22(2)20-38(8)35(54-33-27(7)52-23(3)19-29(33)44(10)11)24(4)32(25(5)37(48)53-30)55-40(56-38)15-17-45(18-16-40)31-14-13-28(46(50)51)36(41)43-31/h13-14,22-27,29-30,32-35,42,47,49H,12,15-21H2,1-11H3,(H2,41,43)/t22-,23-,24+,25-,26-,27+,29+,30-,32+,33+,34-,35-,38-,39-/m1/s1. The van der Waals surface area contributed by atoms with Crippen LogP contribution < -0.4 is 16.0 Å². The number of piperidine rings is 1. The van der Waals surface area contributed by atoms with Crippen molar-refractivity contribution in [2.45, 2.75) is 166 Å². The summed E-state index contributed by atoms with van der Waals surface area (Å²) >= 11 is 0. The number of ether oxygens (including phenoxy) is 5. The predicted molar refractivity (Wildman–Crippen MR) is 211 cm³/mol. The molecule has 14 atom stereocenters. The molecule has 0 aliphatic carbocycles. The van der Waals surface area contributed by atoms with Crippen molar-refractivity contribution < 1.29 is 43.6 Å². The second-order valence-electron chi connectivity index (χ2n) is 17.8. The molecule has 1 aromatic heterocycles. The lowest BCUT2D eigenvalue weighted by molar-refractivity contribution is -0.384. The predicted octanol–water partition coefficient (Wildman–Crippen LogP) is 3.65. The zero-order valence-corrected chi connectivity index (χ0v) is 35.3. The molecular formula is C40H68N6O10. The van der Waals surface area contributed by atoms with Crippen molar-refractivity contribution in [3.05, 3.63) is 22.2 Å². The minimum Gasteiger partial charge on any atom is -0.459 e. The van der Waals surface area contributed by atoms with E-state index in [1.807, 2.05) is 25.7 Å². The number of fused-ring (bicyclic) bond motifs is 3. The van der Waals surface area contributed by atoms with Gasteiger partial charge in [0, 0.05) is 50.0 Å². The molecule has 1 aromatic rings. The Labute approximate surface area is 332 Å². The number of anilines is 2. The zero-order chi connectivity index (χ0) is 41.5. The lowest BCUT2D eigenvalue weighted by atomic mass is 9.77. The first-order valence-electron chi connectivity index (χ1n) is 20.5. The first-order valence-corrected chi connectivity index (χ1v) is 20.5. The smallest absolute Gasteiger partial charge is 0.311 e. The van der Waals surface area contributed by atoms with Gasteiger partial charge in [-0.2, -0.15) is 0 Å². The highest BCUT2D eigenvalue weighted by atomic mass is 16.7. The third-order valence-electron chi connectivity index (χ3n) is 12.9. The fraction of sp³-hybridized carbons (Fsp3) is 0.850. The Kier molecular flexibility index (Phi) is 13.7. The summed E-state index contributed by atoms with van der Waals surface area (Å²) in [5.41, 5.74) is 3.05. The molecular weight excluding hydrogens is 724 g/mol. The van der Waals surface area contributed by atoms with Crippen LogP contribution in [-0.4, -0.2) is 137 Å². The molecule has 5 rings (SSSR count). The third-order valence-corrected chi connectivity index (χ3v) is 12.9. The molecule has 0 saturated carbocycles. The van der Waals surface area contributed by atoms with Crippen molar-refractivity contribution in [1.29, 1.82) is 0 Å². The molecule has 5 heterocycles. The number of nitrogen functional groups attached to an aromatic ring is 1. The summed E-state index contributed by atoms with van der Waals surface area (Å²) in [5.74, 6) is -2.56. The molecule has 56 heavy (non-hydrogen) atoms. The van der Waals surface area contributed by atoms with Gasteiger partial charge in [-0.15, -0.1) is 0 Å². The van der Waals surface area contributed by atoms with Crippen molar-refractivity contribution in [2.24, 2.45) is 17.8 Å². The summed E-state index contributed by atoms with van der Waals surface area (Å²) in [6.07, 6.45) is -1.64. The van der Waals surface area contributed by atoms with Crippen LogP contribution >= 0.6 is 0 Å². The molecule has 1 spiro atoms. The molecule has 0 amide bonds. The van der Waals surface area contributed by atoms with E-state index in [1.54, 1.807) is 13.0 Å². The van der Waals surface area contributed by atoms with Crippen LogP contribution in [0.2, 0.25) is 0 Å². The van der Waals surface area contributed by atoms with Crippen molar-refractivity contribution in [3.8, 4) is 0 Å². The summed E-state index contributed by atoms with van der Waals surface area (Å²) < 4.78 is 34.5. The number of carbonyl (C=O) groups excluding carboxylic acids is 1. The number of pyridine rings is 1. The largest absolute Gasteiger partial charge is 0.459 e. The molecule has 4 saturated heterocycles. The third kappa shape index (κ3) is 9.12. The monoisotopic (exact) mass is 792 g/mol. The summed E-state index contributed by atoms with van der Waals surface area (Å²) in [5, 5.41) is 38.0. The fourth-order valence-corrected chi connectivity index (χ4v) is 9.78. The Morgan fingerprint density at radius 1 is 1.14 bits per heavy atom. The lowest BCUT2D eigenvalue weighted by Gasteiger charge is -2.50. The average molecular weight is 793 g/mol. The van der Waals surface area contributed by atoms with E-state index in [0.29, 0.717) is 44.7 Å². The molecule has 2 bridgehead atoms. The number of carbonyl (C=O) groups is 1. The van der Waals surface area contributed by atoms with E-state index in [9.17, 15) is 25.1 Å². The SMILES string of the molecule is CC[C@H]1OC(=O)[C@H](C)[C@H]2OC3(CCN(c4ccc([N+](=O)[O-])c(N)n4)CC3)O[C@](C)(C[C@@H](C)CN[C@H](C)[C@@H](O)[C@]1(C)O)[C@H](O[C@H]1[C@H](C)O[C@H](C)C[C@@H]1N(C)C)[C@H]2C. The van der Waals surface area contributed by atoms with E-state index < -0.39 is 64.3 Å². The van der Waals surface area contributed by atoms with Crippen LogP contribution in [0.15, 0.2) is 12.1 Å². The normalized spacial score (nSPS) is 41.5. The minimum absolute atomic E-state index is 0.00553. The number of nitro groups is 1. The first kappa shape index (κ1) is 44.4. The molecule has 16 heteroatoms. The summed E-state index contributed by atoms with van der Waals surface area (Å²) in [6.45, 7) is 18.7. The van der Waals surface area contributed by atoms with Crippen LogP contribution in [0.1, 0.15) is 94.4 Å². The Morgan fingerprint density at radius 2 is 1.80 bits per heavy atom. The quantitative estimate of drug-likeness (QED) is 0.185. The minimum atomic E-state index is -1.74. The Hall–Kier alpha value is -2.70. The van der Waals surface area contributed by atoms with Gasteiger partial charge in [0.15, 0.2) is 5.79 Å². The number of aromatic nitrogens is 1. The second-order valence-corrected chi connectivity index (χ2v) is 17.8. The number of nitrogens with one attached hydrogen (secondary N) is 1. The first-order chi connectivity index (χ1) is 26.1. The second kappa shape index (κ2) is 17.3. The highest BCUT2D eigenvalue weighted by Crippen LogP contribution is 2.48. The maximum atomic E-state index is 14.3. The molecule has 4 fully saturated rings. The van der Waals surface area contributed by atoms with Gasteiger partial charge in [0.25, 0.3) is 0 Å². The van der Waals surface area contributed by atoms with Gasteiger partial charge in [-0.25, -0.2) is 4.98 Å². The van der Waals surface area contributed by atoms with Crippen LogP contribution in [0.4, 0.5) is 17.3 Å². The number of rotatable bonds is 6. The van der Waals surface area contributed by atoms with Gasteiger partial charge in [0.2, 0.25) is 5.82 Å². The topological polar surface area (TPSA) is 204 Å². The number of cyclic esters (lactones) is 1. The van der Waals surface area contributed by atoms with Gasteiger partial charge in [0.05, 0.1) is 47.0 Å². The molecule has 0 unspecified atom stereocenters. The van der Waals surface area contributed by atoms with Crippen molar-refractivity contribution in [2.75, 3.05) is 44.4 Å². The summed E-state index contributed by atoms with van der Waals surface area (Å²) in [6, 6.07) is 2.50. The van der Waals surface area contributed by atoms with Gasteiger partial charge in [0.1, 0.15) is 23.6 Å². The Bertz CT molecular complexity index is 1530. The molecule has 0 radical (unpaired) electrons. The van der Waals surface area contributed by atoms with Gasteiger partial charge >= 0.3 is 11.7 Å². The molecule has 16 nitrogen and oxygen atoms in total. The van der Waals surface area contributed by atoms with E-state index >= 15 is 0 Å². The lowest BCUT2D eigenvalue weighted by Crippen LogP contribution is -2.60. The maximum absolute atomic E-state index is 14.3. The van der Waals surface area contributed by atoms with Crippen LogP contribution in [0, 0.1) is 27.9 Å². The number of esters is 1. The van der Waals surface area contributed by atoms with E-state index in [-0.39, 0.29) is 54.1 Å². The number of hydrogen-bond acceptors (Lipinski definition) is 15. The zero-order valence-electron chi connectivity index (χ0n) is 35.3. The molecule has 318 valence electrons. The van der Waals surface area contributed by atoms with Gasteiger partial charge in [-0.05, 0) is 93.4 Å². The number of aliphatic hydroxyl groups excluding tert-OH is 1. The van der Waals surface area contributed by atoms with E-state index in [4.69, 9.17) is 29.4 Å². The van der Waals surface area contributed by atoms with Crippen LogP contribution in [0.5, 0.6) is 0 Å². The number of nitrogens with two attached hydrogens (primary N) is 1. The van der Waals surface area contributed by atoms with Gasteiger partial charge in [-0.1, -0.05) is 20.8 Å². The van der Waals surface area contributed by atoms with Crippen LogP contribution in [0.3, 0.4) is 0 Å². The van der Waals surface area contributed by atoms with Crippen LogP contribution in [0.25, 0.3) is 0 Å². The molecule has 0 aromatic carbocycles. The van der Waals surface area contributed by atoms with Crippen molar-refractivity contribution >= 4 is 23.3 Å². The molecule has 5 N–H and O–H groups in total. The number of likely N-dealkylation sites (N-methyl/N-ethyl adjacent to an activating group) is 1. The molecule has 4 aliphatic heterocycles. The highest BCUT2D eigenvalue weighted by molar-refractivity contribution is 5.73. The number of nitrogens with zero attached hydrogens (tertiary/aromatic N) is 4. The van der Waals surface area contributed by atoms with Gasteiger partial charge in [-0.3, -0.25) is 14.9 Å². The van der Waals surface area contributed by atoms with E-state index in [0.717, 1.165) is 6.42 Å². The average Bonchev–Trinajstić information content (AvgIpc) is 3.20. The Balaban J connectivity index is 1.59.